The molecule has 2 saturated heterocycles. The van der Waals surface area contributed by atoms with Gasteiger partial charge in [0.25, 0.3) is 5.91 Å². The minimum atomic E-state index is -3.90. The van der Waals surface area contributed by atoms with E-state index in [9.17, 15) is 13.2 Å². The van der Waals surface area contributed by atoms with E-state index in [0.717, 1.165) is 94.0 Å². The molecule has 278 valence electrons. The van der Waals surface area contributed by atoms with E-state index < -0.39 is 21.2 Å². The second-order valence-corrected chi connectivity index (χ2v) is 18.9. The highest BCUT2D eigenvalue weighted by atomic mass is 35.5. The fourth-order valence-corrected chi connectivity index (χ4v) is 11.6. The van der Waals surface area contributed by atoms with Crippen molar-refractivity contribution in [2.75, 3.05) is 50.9 Å². The molecule has 2 aromatic rings. The van der Waals surface area contributed by atoms with E-state index in [-0.39, 0.29) is 23.5 Å². The summed E-state index contributed by atoms with van der Waals surface area (Å²) in [6.45, 7) is 9.45. The van der Waals surface area contributed by atoms with Crippen LogP contribution in [0.3, 0.4) is 0 Å². The topological polar surface area (TPSA) is 97.4 Å². The van der Waals surface area contributed by atoms with Crippen molar-refractivity contribution in [1.82, 2.24) is 9.62 Å². The first-order valence-electron chi connectivity index (χ1n) is 19.4. The zero-order chi connectivity index (χ0) is 35.3. The summed E-state index contributed by atoms with van der Waals surface area (Å²) in [5.41, 5.74) is 3.52. The molecule has 4 aliphatic heterocycles. The van der Waals surface area contributed by atoms with Gasteiger partial charge in [-0.05, 0) is 137 Å². The van der Waals surface area contributed by atoms with E-state index >= 15 is 0 Å². The van der Waals surface area contributed by atoms with Crippen LogP contribution in [0.4, 0.5) is 5.69 Å². The number of fused-ring (bicyclic) bond motifs is 4. The van der Waals surface area contributed by atoms with Gasteiger partial charge in [0.2, 0.25) is 10.0 Å². The van der Waals surface area contributed by atoms with Gasteiger partial charge in [-0.15, -0.1) is 0 Å². The van der Waals surface area contributed by atoms with Crippen LogP contribution in [0.2, 0.25) is 5.02 Å². The summed E-state index contributed by atoms with van der Waals surface area (Å²) in [7, 11) is -3.90. The first-order chi connectivity index (χ1) is 24.6. The Labute approximate surface area is 308 Å². The number of sulfonamides is 1. The number of carbonyl (C=O) groups excluding carboxylic acids is 1. The largest absolute Gasteiger partial charge is 0.490 e. The SMILES string of the molecule is C[C@@H]1[C@@H](C)CCC[C@H](C2OCC(N3CCCC3)CO2)[C@@H]2CC[C@H]2CN2C[C@@]3(CCCc4cc(Cl)ccc43)COc3ccc(cc32)C(=O)NS1(=O)=O. The number of aryl methyl sites for hydroxylation is 1. The van der Waals surface area contributed by atoms with Crippen LogP contribution in [0.15, 0.2) is 36.4 Å². The first kappa shape index (κ1) is 35.6. The molecule has 9 nitrogen and oxygen atoms in total. The molecule has 51 heavy (non-hydrogen) atoms. The number of carbonyl (C=O) groups is 1. The maximum absolute atomic E-state index is 13.6. The van der Waals surface area contributed by atoms with Crippen molar-refractivity contribution in [2.24, 2.45) is 23.7 Å². The Hall–Kier alpha value is -2.37. The number of nitrogens with zero attached hydrogens (tertiary/aromatic N) is 2. The van der Waals surface area contributed by atoms with Crippen LogP contribution in [0.5, 0.6) is 5.75 Å². The summed E-state index contributed by atoms with van der Waals surface area (Å²) in [4.78, 5) is 18.6. The number of amides is 1. The first-order valence-corrected chi connectivity index (χ1v) is 21.4. The van der Waals surface area contributed by atoms with Crippen LogP contribution >= 0.6 is 11.6 Å². The standard InChI is InChI=1S/C40H54ClN3O6S/c1-26-7-5-9-34(39-48-22-32(23-49-39)43-17-3-4-18-43)33-13-10-30(33)21-44-24-40(16-6-8-28-19-31(41)12-14-35(28)40)25-50-37-15-11-29(20-36(37)44)38(45)42-51(46,47)27(26)2/h11-12,14-15,19-20,26-27,30,32-34,39H,3-10,13,16-18,21-25H2,1-2H3,(H,42,45)/t26-,27+,30-,32?,33+,34-,39?,40-/m0/s1. The van der Waals surface area contributed by atoms with Gasteiger partial charge < -0.3 is 19.1 Å². The molecule has 1 spiro atoms. The minimum Gasteiger partial charge on any atom is -0.490 e. The van der Waals surface area contributed by atoms with Crippen molar-refractivity contribution in [1.29, 1.82) is 0 Å². The van der Waals surface area contributed by atoms with E-state index in [2.05, 4.69) is 26.7 Å². The molecule has 1 saturated carbocycles. The fourth-order valence-electron chi connectivity index (χ4n) is 10.0. The second kappa shape index (κ2) is 14.5. The number of hydrogen-bond acceptors (Lipinski definition) is 8. The molecular weight excluding hydrogens is 686 g/mol. The predicted molar refractivity (Wildman–Crippen MR) is 199 cm³/mol. The van der Waals surface area contributed by atoms with Crippen molar-refractivity contribution < 1.29 is 27.4 Å². The predicted octanol–water partition coefficient (Wildman–Crippen LogP) is 6.56. The van der Waals surface area contributed by atoms with Gasteiger partial charge in [0.05, 0.1) is 36.8 Å². The van der Waals surface area contributed by atoms with Crippen molar-refractivity contribution in [3.8, 4) is 5.75 Å². The maximum Gasteiger partial charge on any atom is 0.264 e. The van der Waals surface area contributed by atoms with E-state index in [1.807, 2.05) is 25.1 Å². The van der Waals surface area contributed by atoms with Gasteiger partial charge >= 0.3 is 0 Å². The number of hydrogen-bond donors (Lipinski definition) is 1. The number of anilines is 1. The Balaban J connectivity index is 1.14. The van der Waals surface area contributed by atoms with Crippen LogP contribution in [-0.2, 0) is 31.3 Å². The Morgan fingerprint density at radius 3 is 2.49 bits per heavy atom. The molecule has 0 radical (unpaired) electrons. The van der Waals surface area contributed by atoms with Crippen LogP contribution < -0.4 is 14.4 Å². The molecule has 11 heteroatoms. The number of likely N-dealkylation sites (tertiary alicyclic amines) is 1. The molecule has 8 rings (SSSR count). The monoisotopic (exact) mass is 739 g/mol. The third kappa shape index (κ3) is 7.05. The fraction of sp³-hybridized carbons (Fsp3) is 0.675. The van der Waals surface area contributed by atoms with Gasteiger partial charge in [-0.3, -0.25) is 9.69 Å². The van der Waals surface area contributed by atoms with Gasteiger partial charge in [-0.1, -0.05) is 31.0 Å². The van der Waals surface area contributed by atoms with Crippen LogP contribution in [-0.4, -0.2) is 82.8 Å². The Kier molecular flexibility index (Phi) is 10.1. The molecule has 2 aromatic carbocycles. The number of ether oxygens (including phenoxy) is 3. The zero-order valence-electron chi connectivity index (χ0n) is 30.2. The van der Waals surface area contributed by atoms with Crippen molar-refractivity contribution in [3.05, 3.63) is 58.1 Å². The highest BCUT2D eigenvalue weighted by Crippen LogP contribution is 2.49. The van der Waals surface area contributed by atoms with Crippen molar-refractivity contribution >= 4 is 33.2 Å². The molecule has 0 aromatic heterocycles. The number of benzene rings is 2. The summed E-state index contributed by atoms with van der Waals surface area (Å²) >= 11 is 6.49. The van der Waals surface area contributed by atoms with E-state index in [1.165, 1.54) is 24.0 Å². The molecule has 1 amide bonds. The molecule has 1 N–H and O–H groups in total. The molecule has 3 fully saturated rings. The lowest BCUT2D eigenvalue weighted by Gasteiger charge is -2.49. The Bertz CT molecular complexity index is 1710. The summed E-state index contributed by atoms with van der Waals surface area (Å²) in [5.74, 6) is 1.10. The van der Waals surface area contributed by atoms with E-state index in [1.54, 1.807) is 13.0 Å². The van der Waals surface area contributed by atoms with Gasteiger partial charge in [0.15, 0.2) is 6.29 Å². The van der Waals surface area contributed by atoms with E-state index in [0.29, 0.717) is 43.3 Å². The Morgan fingerprint density at radius 2 is 1.73 bits per heavy atom. The maximum atomic E-state index is 13.6. The van der Waals surface area contributed by atoms with E-state index in [4.69, 9.17) is 25.8 Å². The zero-order valence-corrected chi connectivity index (χ0v) is 31.7. The lowest BCUT2D eigenvalue weighted by Crippen LogP contribution is -2.52. The molecular formula is C40H54ClN3O6S. The summed E-state index contributed by atoms with van der Waals surface area (Å²) in [5, 5.41) is 0.0401. The lowest BCUT2D eigenvalue weighted by atomic mass is 9.64. The molecule has 6 aliphatic rings. The highest BCUT2D eigenvalue weighted by Gasteiger charge is 2.47. The third-order valence-electron chi connectivity index (χ3n) is 13.4. The Morgan fingerprint density at radius 1 is 0.922 bits per heavy atom. The van der Waals surface area contributed by atoms with Gasteiger partial charge in [-0.25, -0.2) is 13.1 Å². The second-order valence-electron chi connectivity index (χ2n) is 16.5. The van der Waals surface area contributed by atoms with Crippen molar-refractivity contribution in [3.63, 3.8) is 0 Å². The quantitative estimate of drug-likeness (QED) is 0.370. The molecule has 4 heterocycles. The molecule has 6 atom stereocenters. The van der Waals surface area contributed by atoms with Gasteiger partial charge in [0, 0.05) is 35.0 Å². The summed E-state index contributed by atoms with van der Waals surface area (Å²) in [6, 6.07) is 12.0. The summed E-state index contributed by atoms with van der Waals surface area (Å²) < 4.78 is 49.4. The van der Waals surface area contributed by atoms with Gasteiger partial charge in [-0.2, -0.15) is 0 Å². The van der Waals surface area contributed by atoms with Crippen LogP contribution in [0, 0.1) is 23.7 Å². The number of nitrogens with one attached hydrogen (secondary N) is 1. The average molecular weight is 740 g/mol. The third-order valence-corrected chi connectivity index (χ3v) is 15.6. The molecule has 2 bridgehead atoms. The summed E-state index contributed by atoms with van der Waals surface area (Å²) in [6.07, 6.45) is 10.1. The average Bonchev–Trinajstić information content (AvgIpc) is 3.61. The molecule has 2 aliphatic carbocycles. The smallest absolute Gasteiger partial charge is 0.264 e. The number of rotatable bonds is 2. The number of halogens is 1. The lowest BCUT2D eigenvalue weighted by molar-refractivity contribution is -0.242. The van der Waals surface area contributed by atoms with Crippen LogP contribution in [0.1, 0.15) is 93.1 Å². The van der Waals surface area contributed by atoms with Crippen LogP contribution in [0.25, 0.3) is 0 Å². The molecule has 0 unspecified atom stereocenters. The van der Waals surface area contributed by atoms with Gasteiger partial charge in [0.1, 0.15) is 5.75 Å². The highest BCUT2D eigenvalue weighted by molar-refractivity contribution is 7.90. The van der Waals surface area contributed by atoms with Crippen molar-refractivity contribution in [2.45, 2.75) is 101 Å². The minimum absolute atomic E-state index is 0.117. The normalized spacial score (nSPS) is 35.9.